The maximum Gasteiger partial charge on any atom is 0.255 e. The molecule has 0 aliphatic rings. The number of benzene rings is 2. The summed E-state index contributed by atoms with van der Waals surface area (Å²) < 4.78 is 4.27. The number of amides is 1. The lowest BCUT2D eigenvalue weighted by Gasteiger charge is -2.07. The zero-order valence-corrected chi connectivity index (χ0v) is 19.2. The Hall–Kier alpha value is -3.52. The number of rotatable bonds is 7. The average molecular weight is 447 g/mol. The second kappa shape index (κ2) is 9.32. The standard InChI is InChI=1S/C24H26N6OS/c1-4-29-21(26-27-24(29)32)12-13-25-23(31)20-15-30(19-8-6-5-7-9-19)28-22(20)18-11-10-16(2)17(3)14-18/h5-11,14-15H,4,12-13H2,1-3H3,(H,25,31)(H,27,32). The van der Waals surface area contributed by atoms with E-state index in [-0.39, 0.29) is 5.91 Å². The van der Waals surface area contributed by atoms with E-state index in [4.69, 9.17) is 17.3 Å². The summed E-state index contributed by atoms with van der Waals surface area (Å²) in [7, 11) is 0. The van der Waals surface area contributed by atoms with Crippen molar-refractivity contribution in [2.75, 3.05) is 6.54 Å². The van der Waals surface area contributed by atoms with Gasteiger partial charge in [0.25, 0.3) is 5.91 Å². The van der Waals surface area contributed by atoms with E-state index < -0.39 is 0 Å². The summed E-state index contributed by atoms with van der Waals surface area (Å²) in [5.74, 6) is 0.657. The van der Waals surface area contributed by atoms with Gasteiger partial charge in [-0.05, 0) is 62.3 Å². The van der Waals surface area contributed by atoms with Crippen molar-refractivity contribution in [2.24, 2.45) is 0 Å². The first-order chi connectivity index (χ1) is 15.5. The number of aromatic amines is 1. The second-order valence-corrected chi connectivity index (χ2v) is 8.05. The van der Waals surface area contributed by atoms with Gasteiger partial charge in [0.05, 0.1) is 11.3 Å². The monoisotopic (exact) mass is 446 g/mol. The molecular weight excluding hydrogens is 420 g/mol. The third kappa shape index (κ3) is 4.40. The van der Waals surface area contributed by atoms with E-state index in [0.717, 1.165) is 29.2 Å². The highest BCUT2D eigenvalue weighted by Gasteiger charge is 2.19. The van der Waals surface area contributed by atoms with Gasteiger partial charge in [0.1, 0.15) is 11.5 Å². The maximum absolute atomic E-state index is 13.2. The van der Waals surface area contributed by atoms with E-state index >= 15 is 0 Å². The third-order valence-corrected chi connectivity index (χ3v) is 5.86. The Morgan fingerprint density at radius 1 is 1.12 bits per heavy atom. The average Bonchev–Trinajstić information content (AvgIpc) is 3.40. The van der Waals surface area contributed by atoms with Crippen molar-refractivity contribution in [3.05, 3.63) is 82.0 Å². The first-order valence-electron chi connectivity index (χ1n) is 10.6. The summed E-state index contributed by atoms with van der Waals surface area (Å²) in [6.07, 6.45) is 2.37. The van der Waals surface area contributed by atoms with Crippen molar-refractivity contribution in [1.82, 2.24) is 29.9 Å². The lowest BCUT2D eigenvalue weighted by Crippen LogP contribution is -2.26. The molecule has 2 heterocycles. The van der Waals surface area contributed by atoms with Crippen LogP contribution in [0.3, 0.4) is 0 Å². The van der Waals surface area contributed by atoms with E-state index in [1.54, 1.807) is 10.9 Å². The Morgan fingerprint density at radius 3 is 2.62 bits per heavy atom. The fourth-order valence-electron chi connectivity index (χ4n) is 3.61. The normalized spacial score (nSPS) is 11.0. The number of nitrogens with one attached hydrogen (secondary N) is 2. The topological polar surface area (TPSA) is 80.5 Å². The molecule has 0 saturated heterocycles. The summed E-state index contributed by atoms with van der Waals surface area (Å²) in [4.78, 5) is 13.2. The SMILES string of the molecule is CCn1c(CCNC(=O)c2cn(-c3ccccc3)nc2-c2ccc(C)c(C)c2)n[nH]c1=S. The van der Waals surface area contributed by atoms with Crippen LogP contribution >= 0.6 is 12.2 Å². The van der Waals surface area contributed by atoms with Crippen LogP contribution < -0.4 is 5.32 Å². The van der Waals surface area contributed by atoms with Crippen molar-refractivity contribution in [2.45, 2.75) is 33.7 Å². The number of nitrogens with zero attached hydrogens (tertiary/aromatic N) is 4. The molecule has 7 nitrogen and oxygen atoms in total. The largest absolute Gasteiger partial charge is 0.351 e. The number of hydrogen-bond acceptors (Lipinski definition) is 4. The van der Waals surface area contributed by atoms with Gasteiger partial charge in [0.15, 0.2) is 4.77 Å². The molecule has 8 heteroatoms. The molecule has 0 spiro atoms. The summed E-state index contributed by atoms with van der Waals surface area (Å²) in [6, 6.07) is 15.9. The smallest absolute Gasteiger partial charge is 0.255 e. The van der Waals surface area contributed by atoms with Gasteiger partial charge in [0.2, 0.25) is 0 Å². The van der Waals surface area contributed by atoms with Crippen molar-refractivity contribution in [3.63, 3.8) is 0 Å². The van der Waals surface area contributed by atoms with Crippen molar-refractivity contribution < 1.29 is 4.79 Å². The van der Waals surface area contributed by atoms with Gasteiger partial charge >= 0.3 is 0 Å². The predicted molar refractivity (Wildman–Crippen MR) is 128 cm³/mol. The maximum atomic E-state index is 13.2. The highest BCUT2D eigenvalue weighted by Crippen LogP contribution is 2.26. The molecule has 0 aliphatic carbocycles. The summed E-state index contributed by atoms with van der Waals surface area (Å²) in [6.45, 7) is 7.33. The molecule has 0 unspecified atom stereocenters. The number of aromatic nitrogens is 5. The molecule has 0 bridgehead atoms. The molecule has 0 fully saturated rings. The minimum atomic E-state index is -0.169. The van der Waals surface area contributed by atoms with Gasteiger partial charge in [-0.25, -0.2) is 4.68 Å². The summed E-state index contributed by atoms with van der Waals surface area (Å²) in [5, 5.41) is 14.8. The third-order valence-electron chi connectivity index (χ3n) is 5.55. The molecule has 2 aromatic heterocycles. The molecule has 0 saturated carbocycles. The van der Waals surface area contributed by atoms with Crippen LogP contribution in [-0.4, -0.2) is 37.0 Å². The molecule has 2 aromatic carbocycles. The number of para-hydroxylation sites is 1. The second-order valence-electron chi connectivity index (χ2n) is 7.67. The van der Waals surface area contributed by atoms with Gasteiger partial charge in [-0.2, -0.15) is 10.2 Å². The zero-order chi connectivity index (χ0) is 22.7. The minimum absolute atomic E-state index is 0.169. The van der Waals surface area contributed by atoms with Gasteiger partial charge in [0, 0.05) is 31.3 Å². The van der Waals surface area contributed by atoms with Crippen LogP contribution in [0, 0.1) is 18.6 Å². The highest BCUT2D eigenvalue weighted by molar-refractivity contribution is 7.71. The number of H-pyrrole nitrogens is 1. The quantitative estimate of drug-likeness (QED) is 0.412. The molecule has 0 aliphatic heterocycles. The van der Waals surface area contributed by atoms with Gasteiger partial charge in [-0.3, -0.25) is 9.89 Å². The molecule has 2 N–H and O–H groups in total. The van der Waals surface area contributed by atoms with E-state index in [2.05, 4.69) is 41.5 Å². The Kier molecular flexibility index (Phi) is 6.32. The lowest BCUT2D eigenvalue weighted by molar-refractivity contribution is 0.0954. The number of carbonyl (C=O) groups excluding carboxylic acids is 1. The molecule has 0 radical (unpaired) electrons. The van der Waals surface area contributed by atoms with Gasteiger partial charge in [-0.15, -0.1) is 0 Å². The van der Waals surface area contributed by atoms with E-state index in [1.807, 2.05) is 47.9 Å². The van der Waals surface area contributed by atoms with Crippen LogP contribution in [0.2, 0.25) is 0 Å². The van der Waals surface area contributed by atoms with Crippen molar-refractivity contribution >= 4 is 18.1 Å². The van der Waals surface area contributed by atoms with Crippen LogP contribution in [0.4, 0.5) is 0 Å². The molecular formula is C24H26N6OS. The lowest BCUT2D eigenvalue weighted by atomic mass is 10.0. The predicted octanol–water partition coefficient (Wildman–Crippen LogP) is 4.40. The van der Waals surface area contributed by atoms with Crippen molar-refractivity contribution in [3.8, 4) is 16.9 Å². The Bertz CT molecular complexity index is 1300. The fraction of sp³-hybridized carbons (Fsp3) is 0.250. The van der Waals surface area contributed by atoms with Crippen LogP contribution in [0.25, 0.3) is 16.9 Å². The first kappa shape index (κ1) is 21.7. The number of carbonyl (C=O) groups is 1. The summed E-state index contributed by atoms with van der Waals surface area (Å²) >= 11 is 5.24. The zero-order valence-electron chi connectivity index (χ0n) is 18.4. The molecule has 0 atom stereocenters. The van der Waals surface area contributed by atoms with E-state index in [1.165, 1.54) is 5.56 Å². The molecule has 4 rings (SSSR count). The summed E-state index contributed by atoms with van der Waals surface area (Å²) in [5.41, 5.74) is 5.36. The molecule has 164 valence electrons. The highest BCUT2D eigenvalue weighted by atomic mass is 32.1. The van der Waals surface area contributed by atoms with Crippen LogP contribution in [0.15, 0.2) is 54.7 Å². The molecule has 1 amide bonds. The van der Waals surface area contributed by atoms with Gasteiger partial charge < -0.3 is 9.88 Å². The van der Waals surface area contributed by atoms with E-state index in [0.29, 0.717) is 29.0 Å². The molecule has 32 heavy (non-hydrogen) atoms. The first-order valence-corrected chi connectivity index (χ1v) is 11.0. The van der Waals surface area contributed by atoms with E-state index in [9.17, 15) is 4.79 Å². The minimum Gasteiger partial charge on any atom is -0.351 e. The van der Waals surface area contributed by atoms with Crippen LogP contribution in [-0.2, 0) is 13.0 Å². The van der Waals surface area contributed by atoms with Crippen LogP contribution in [0.1, 0.15) is 34.2 Å². The van der Waals surface area contributed by atoms with Crippen molar-refractivity contribution in [1.29, 1.82) is 0 Å². The Morgan fingerprint density at radius 2 is 1.91 bits per heavy atom. The fourth-order valence-corrected chi connectivity index (χ4v) is 3.89. The Balaban J connectivity index is 1.62. The Labute approximate surface area is 192 Å². The number of hydrogen-bond donors (Lipinski definition) is 2. The van der Waals surface area contributed by atoms with Crippen LogP contribution in [0.5, 0.6) is 0 Å². The van der Waals surface area contributed by atoms with Gasteiger partial charge in [-0.1, -0.05) is 30.3 Å². The number of aryl methyl sites for hydroxylation is 2. The molecule has 4 aromatic rings.